The Labute approximate surface area is 160 Å². The number of carbonyl (C=O) groups excluding carboxylic acids is 3. The molecule has 3 rings (SSSR count). The molecule has 0 saturated carbocycles. The summed E-state index contributed by atoms with van der Waals surface area (Å²) in [4.78, 5) is 37.5. The molecule has 138 valence electrons. The van der Waals surface area contributed by atoms with Gasteiger partial charge < -0.3 is 9.47 Å². The average molecular weight is 383 g/mol. The lowest BCUT2D eigenvalue weighted by Crippen LogP contribution is -2.32. The van der Waals surface area contributed by atoms with E-state index in [0.29, 0.717) is 21.8 Å². The summed E-state index contributed by atoms with van der Waals surface area (Å²) in [6.07, 6.45) is 1.63. The number of hydrogen-bond donors (Lipinski definition) is 0. The van der Waals surface area contributed by atoms with Crippen LogP contribution in [-0.2, 0) is 9.53 Å². The molecule has 0 unspecified atom stereocenters. The first-order valence-corrected chi connectivity index (χ1v) is 9.02. The second kappa shape index (κ2) is 8.55. The first-order valence-electron chi connectivity index (χ1n) is 8.20. The van der Waals surface area contributed by atoms with E-state index in [1.807, 2.05) is 30.3 Å². The molecule has 0 radical (unpaired) electrons. The van der Waals surface area contributed by atoms with Gasteiger partial charge in [-0.1, -0.05) is 30.3 Å². The lowest BCUT2D eigenvalue weighted by Gasteiger charge is -2.13. The highest BCUT2D eigenvalue weighted by atomic mass is 32.2. The van der Waals surface area contributed by atoms with Crippen LogP contribution in [0.5, 0.6) is 5.75 Å². The zero-order chi connectivity index (χ0) is 19.2. The van der Waals surface area contributed by atoms with E-state index in [-0.39, 0.29) is 24.3 Å². The van der Waals surface area contributed by atoms with E-state index in [2.05, 4.69) is 4.74 Å². The molecule has 1 heterocycles. The number of esters is 1. The predicted molar refractivity (Wildman–Crippen MR) is 102 cm³/mol. The van der Waals surface area contributed by atoms with Crippen LogP contribution in [0.1, 0.15) is 15.9 Å². The monoisotopic (exact) mass is 383 g/mol. The summed E-state index contributed by atoms with van der Waals surface area (Å²) >= 11 is 0.889. The molecular formula is C20H17NO5S. The number of carbonyl (C=O) groups is 3. The Morgan fingerprint density at radius 3 is 2.44 bits per heavy atom. The Bertz CT molecular complexity index is 877. The molecule has 1 aliphatic rings. The van der Waals surface area contributed by atoms with Crippen molar-refractivity contribution in [3.63, 3.8) is 0 Å². The summed E-state index contributed by atoms with van der Waals surface area (Å²) in [5.74, 6) is -0.0929. The second-order valence-corrected chi connectivity index (χ2v) is 6.60. The molecule has 0 N–H and O–H groups in total. The Hall–Kier alpha value is -3.06. The maximum Gasteiger partial charge on any atom is 0.337 e. The van der Waals surface area contributed by atoms with Gasteiger partial charge in [-0.05, 0) is 47.7 Å². The number of imide groups is 1. The minimum Gasteiger partial charge on any atom is -0.492 e. The third-order valence-electron chi connectivity index (χ3n) is 3.83. The van der Waals surface area contributed by atoms with E-state index in [1.54, 1.807) is 30.3 Å². The number of benzene rings is 2. The highest BCUT2D eigenvalue weighted by molar-refractivity contribution is 8.18. The average Bonchev–Trinajstić information content (AvgIpc) is 2.96. The van der Waals surface area contributed by atoms with Gasteiger partial charge in [0.2, 0.25) is 0 Å². The summed E-state index contributed by atoms with van der Waals surface area (Å²) < 4.78 is 10.2. The van der Waals surface area contributed by atoms with Gasteiger partial charge in [-0.25, -0.2) is 4.79 Å². The van der Waals surface area contributed by atoms with E-state index >= 15 is 0 Å². The normalized spacial score (nSPS) is 15.3. The highest BCUT2D eigenvalue weighted by Gasteiger charge is 2.34. The van der Waals surface area contributed by atoms with E-state index in [1.165, 1.54) is 12.0 Å². The van der Waals surface area contributed by atoms with Crippen LogP contribution in [0, 0.1) is 0 Å². The Balaban J connectivity index is 1.62. The van der Waals surface area contributed by atoms with Crippen LogP contribution in [0.4, 0.5) is 4.79 Å². The largest absolute Gasteiger partial charge is 0.492 e. The van der Waals surface area contributed by atoms with Gasteiger partial charge in [0.1, 0.15) is 12.4 Å². The van der Waals surface area contributed by atoms with Crippen molar-refractivity contribution in [2.45, 2.75) is 0 Å². The van der Waals surface area contributed by atoms with Crippen molar-refractivity contribution in [3.8, 4) is 5.75 Å². The van der Waals surface area contributed by atoms with Gasteiger partial charge in [0, 0.05) is 0 Å². The number of rotatable bonds is 6. The molecule has 6 nitrogen and oxygen atoms in total. The lowest BCUT2D eigenvalue weighted by atomic mass is 10.1. The SMILES string of the molecule is COC(=O)c1ccc(/C=C2\SC(=O)N(CCOc3ccccc3)C2=O)cc1. The Kier molecular flexibility index (Phi) is 5.93. The lowest BCUT2D eigenvalue weighted by molar-refractivity contribution is -0.123. The standard InChI is InChI=1S/C20H17NO5S/c1-25-19(23)15-9-7-14(8-10-15)13-17-18(22)21(20(24)27-17)11-12-26-16-5-3-2-4-6-16/h2-10,13H,11-12H2,1H3/b17-13-. The van der Waals surface area contributed by atoms with Crippen molar-refractivity contribution >= 4 is 35.0 Å². The molecule has 0 aromatic heterocycles. The Morgan fingerprint density at radius 1 is 1.07 bits per heavy atom. The summed E-state index contributed by atoms with van der Waals surface area (Å²) in [6.45, 7) is 0.404. The fraction of sp³-hybridized carbons (Fsp3) is 0.150. The number of nitrogens with zero attached hydrogens (tertiary/aromatic N) is 1. The second-order valence-electron chi connectivity index (χ2n) is 5.61. The van der Waals surface area contributed by atoms with Crippen LogP contribution in [0.25, 0.3) is 6.08 Å². The van der Waals surface area contributed by atoms with Crippen LogP contribution in [0.15, 0.2) is 59.5 Å². The van der Waals surface area contributed by atoms with E-state index in [0.717, 1.165) is 11.8 Å². The van der Waals surface area contributed by atoms with Crippen molar-refractivity contribution in [2.75, 3.05) is 20.3 Å². The molecule has 2 aromatic rings. The van der Waals surface area contributed by atoms with Crippen LogP contribution in [0.3, 0.4) is 0 Å². The van der Waals surface area contributed by atoms with Crippen LogP contribution >= 0.6 is 11.8 Å². The van der Waals surface area contributed by atoms with Crippen LogP contribution in [-0.4, -0.2) is 42.3 Å². The van der Waals surface area contributed by atoms with Gasteiger partial charge in [0.25, 0.3) is 11.1 Å². The molecule has 1 aliphatic heterocycles. The molecule has 0 bridgehead atoms. The molecular weight excluding hydrogens is 366 g/mol. The molecule has 0 atom stereocenters. The fourth-order valence-electron chi connectivity index (χ4n) is 2.45. The predicted octanol–water partition coefficient (Wildman–Crippen LogP) is 3.59. The first kappa shape index (κ1) is 18.7. The molecule has 7 heteroatoms. The fourth-order valence-corrected chi connectivity index (χ4v) is 3.31. The molecule has 2 amide bonds. The first-order chi connectivity index (χ1) is 13.1. The van der Waals surface area contributed by atoms with Gasteiger partial charge >= 0.3 is 5.97 Å². The quantitative estimate of drug-likeness (QED) is 0.561. The third-order valence-corrected chi connectivity index (χ3v) is 4.74. The van der Waals surface area contributed by atoms with E-state index < -0.39 is 5.97 Å². The van der Waals surface area contributed by atoms with E-state index in [9.17, 15) is 14.4 Å². The summed E-state index contributed by atoms with van der Waals surface area (Å²) in [5, 5.41) is -0.325. The van der Waals surface area contributed by atoms with Crippen molar-refractivity contribution in [3.05, 3.63) is 70.6 Å². The van der Waals surface area contributed by atoms with Crippen molar-refractivity contribution in [1.29, 1.82) is 0 Å². The summed E-state index contributed by atoms with van der Waals surface area (Å²) in [7, 11) is 1.31. The minimum atomic E-state index is -0.430. The van der Waals surface area contributed by atoms with Gasteiger partial charge in [-0.3, -0.25) is 14.5 Å². The number of thioether (sulfide) groups is 1. The number of ether oxygens (including phenoxy) is 2. The van der Waals surface area contributed by atoms with Gasteiger partial charge in [0.15, 0.2) is 0 Å². The molecule has 1 fully saturated rings. The minimum absolute atomic E-state index is 0.179. The molecule has 1 saturated heterocycles. The molecule has 0 aliphatic carbocycles. The number of amides is 2. The molecule has 27 heavy (non-hydrogen) atoms. The molecule has 2 aromatic carbocycles. The zero-order valence-electron chi connectivity index (χ0n) is 14.6. The Morgan fingerprint density at radius 2 is 1.78 bits per heavy atom. The summed E-state index contributed by atoms with van der Waals surface area (Å²) in [6, 6.07) is 15.8. The maximum atomic E-state index is 12.5. The smallest absolute Gasteiger partial charge is 0.337 e. The summed E-state index contributed by atoms with van der Waals surface area (Å²) in [5.41, 5.74) is 1.13. The van der Waals surface area contributed by atoms with Gasteiger partial charge in [-0.2, -0.15) is 0 Å². The number of methoxy groups -OCH3 is 1. The van der Waals surface area contributed by atoms with E-state index in [4.69, 9.17) is 4.74 Å². The van der Waals surface area contributed by atoms with Crippen LogP contribution < -0.4 is 4.74 Å². The van der Waals surface area contributed by atoms with Gasteiger partial charge in [0.05, 0.1) is 24.1 Å². The topological polar surface area (TPSA) is 72.9 Å². The van der Waals surface area contributed by atoms with Crippen LogP contribution in [0.2, 0.25) is 0 Å². The number of para-hydroxylation sites is 1. The maximum absolute atomic E-state index is 12.5. The third kappa shape index (κ3) is 4.57. The highest BCUT2D eigenvalue weighted by Crippen LogP contribution is 2.32. The molecule has 0 spiro atoms. The van der Waals surface area contributed by atoms with Crippen molar-refractivity contribution < 1.29 is 23.9 Å². The zero-order valence-corrected chi connectivity index (χ0v) is 15.4. The number of hydrogen-bond acceptors (Lipinski definition) is 6. The van der Waals surface area contributed by atoms with Crippen molar-refractivity contribution in [2.24, 2.45) is 0 Å². The van der Waals surface area contributed by atoms with Gasteiger partial charge in [-0.15, -0.1) is 0 Å². The van der Waals surface area contributed by atoms with Crippen molar-refractivity contribution in [1.82, 2.24) is 4.90 Å².